The van der Waals surface area contributed by atoms with Crippen molar-refractivity contribution >= 4 is 76.7 Å². The fraction of sp³-hybridized carbons (Fsp3) is 0.843. The van der Waals surface area contributed by atoms with E-state index in [1.165, 1.54) is 104 Å². The van der Waals surface area contributed by atoms with Crippen LogP contribution >= 0.6 is 11.8 Å². The molecule has 13 atom stereocenters. The highest BCUT2D eigenvalue weighted by Gasteiger charge is 2.46. The quantitative estimate of drug-likeness (QED) is 0.0613. The van der Waals surface area contributed by atoms with Crippen molar-refractivity contribution in [2.75, 3.05) is 67.4 Å². The number of nitrogens with zero attached hydrogens (tertiary/aromatic N) is 7. The Hall–Kier alpha value is -5.56. The highest BCUT2D eigenvalue weighted by molar-refractivity contribution is 7.99. The Morgan fingerprint density at radius 2 is 0.832 bits per heavy atom. The minimum Gasteiger partial charge on any atom is -0.396 e. The van der Waals surface area contributed by atoms with E-state index in [4.69, 9.17) is 0 Å². The van der Waals surface area contributed by atoms with Crippen LogP contribution in [-0.2, 0) is 52.7 Å². The van der Waals surface area contributed by atoms with Gasteiger partial charge in [0.25, 0.3) is 0 Å². The molecule has 0 radical (unpaired) electrons. The van der Waals surface area contributed by atoms with Crippen molar-refractivity contribution in [2.24, 2.45) is 41.4 Å². The smallest absolute Gasteiger partial charge is 0.246 e. The number of rotatable bonds is 25. The van der Waals surface area contributed by atoms with E-state index in [2.05, 4.69) is 28.2 Å². The molecule has 548 valence electrons. The minimum atomic E-state index is -1.61. The zero-order chi connectivity index (χ0) is 73.2. The number of aliphatic hydroxyl groups excluding tert-OH is 2. The van der Waals surface area contributed by atoms with Crippen molar-refractivity contribution in [1.82, 2.24) is 55.6 Å². The number of unbranched alkanes of at least 4 members (excludes halogenated alkanes) is 5. The van der Waals surface area contributed by atoms with Crippen molar-refractivity contribution in [1.29, 1.82) is 0 Å². The number of hydrogen-bond acceptors (Lipinski definition) is 14. The Labute approximate surface area is 575 Å². The predicted molar refractivity (Wildman–Crippen MR) is 375 cm³/mol. The number of carbonyl (C=O) groups excluding carboxylic acids is 11. The number of amides is 11. The van der Waals surface area contributed by atoms with Gasteiger partial charge in [-0.25, -0.2) is 0 Å². The lowest BCUT2D eigenvalue weighted by atomic mass is 9.90. The molecule has 0 aromatic rings. The first-order valence-electron chi connectivity index (χ1n) is 35.1. The predicted octanol–water partition coefficient (Wildman–Crippen LogP) is 5.54. The number of carbonyl (C=O) groups is 11. The molecule has 1 rings (SSSR count). The van der Waals surface area contributed by atoms with E-state index in [1.54, 1.807) is 41.5 Å². The maximum Gasteiger partial charge on any atom is 0.246 e. The monoisotopic (exact) mass is 1360 g/mol. The topological polar surface area (TPSA) is 299 Å². The molecule has 0 unspecified atom stereocenters. The lowest BCUT2D eigenvalue weighted by Gasteiger charge is -2.41. The summed E-state index contributed by atoms with van der Waals surface area (Å²) in [5, 5.41) is 33.3. The third-order valence-electron chi connectivity index (χ3n) is 18.4. The molecule has 0 saturated carbocycles. The van der Waals surface area contributed by atoms with Crippen LogP contribution in [0.25, 0.3) is 0 Å². The molecule has 11 amide bonds. The van der Waals surface area contributed by atoms with Crippen LogP contribution < -0.4 is 21.3 Å². The molecule has 1 heterocycles. The van der Waals surface area contributed by atoms with Crippen LogP contribution in [0.2, 0.25) is 0 Å². The fourth-order valence-corrected chi connectivity index (χ4v) is 13.4. The van der Waals surface area contributed by atoms with Gasteiger partial charge in [-0.15, -0.1) is 0 Å². The van der Waals surface area contributed by atoms with Crippen LogP contribution in [-0.4, -0.2) is 250 Å². The van der Waals surface area contributed by atoms with E-state index in [-0.39, 0.29) is 68.1 Å². The standard InChI is InChI=1S/C70H129N11O13S/c1-25-27-28-29-30-33-47(15)59(83)58-63(87)73-50(26-2)65(89)79(22)55(40-95-35-32-31-34-82)68(92)75(18)52(37-42(5)6)62(86)74-56(45(11)12)69(93)76(19)51(36-41(3)4)61(85)71-48(16)60(84)72-49(17)64(88)77(20)53(38-43(7)8)66(90)78(21)54(39-44(9)10)67(91)80(23)57(46(13)14)70(94)81(58)24/h41-59,82-83H,25-40H2,1-24H3,(H,71,85)(H,72,84)(H,73,87)(H,74,86)/t47-,48+,49-,50+,51+,52+,53+,54+,55-,56+,57+,58+,59-/m1/s1. The van der Waals surface area contributed by atoms with Crippen LogP contribution in [0.15, 0.2) is 0 Å². The Balaban J connectivity index is 4.54. The number of nitrogens with one attached hydrogen (secondary N) is 4. The van der Waals surface area contributed by atoms with Gasteiger partial charge in [0.2, 0.25) is 65.0 Å². The van der Waals surface area contributed by atoms with Crippen LogP contribution in [0.4, 0.5) is 0 Å². The van der Waals surface area contributed by atoms with Crippen molar-refractivity contribution < 1.29 is 63.0 Å². The molecule has 1 fully saturated rings. The Morgan fingerprint density at radius 3 is 1.31 bits per heavy atom. The van der Waals surface area contributed by atoms with E-state index in [1.807, 2.05) is 55.4 Å². The average molecular weight is 1360 g/mol. The van der Waals surface area contributed by atoms with Crippen LogP contribution in [0.1, 0.15) is 201 Å². The first-order valence-corrected chi connectivity index (χ1v) is 36.3. The van der Waals surface area contributed by atoms with Gasteiger partial charge < -0.3 is 65.8 Å². The lowest BCUT2D eigenvalue weighted by Crippen LogP contribution is -2.64. The van der Waals surface area contributed by atoms with Gasteiger partial charge in [-0.3, -0.25) is 52.7 Å². The maximum absolute atomic E-state index is 15.5. The second kappa shape index (κ2) is 42.3. The number of hydrogen-bond donors (Lipinski definition) is 6. The summed E-state index contributed by atoms with van der Waals surface area (Å²) >= 11 is 1.36. The molecule has 1 saturated heterocycles. The molecule has 0 aromatic heterocycles. The molecule has 95 heavy (non-hydrogen) atoms. The van der Waals surface area contributed by atoms with Gasteiger partial charge in [0.05, 0.1) is 6.10 Å². The third kappa shape index (κ3) is 26.3. The Morgan fingerprint density at radius 1 is 0.411 bits per heavy atom. The number of likely N-dealkylation sites (N-methyl/N-ethyl adjacent to an activating group) is 7. The summed E-state index contributed by atoms with van der Waals surface area (Å²) in [7, 11) is 10.1. The highest BCUT2D eigenvalue weighted by Crippen LogP contribution is 2.27. The summed E-state index contributed by atoms with van der Waals surface area (Å²) in [5.41, 5.74) is 0. The normalized spacial score (nSPS) is 26.0. The number of thioether (sulfide) groups is 1. The minimum absolute atomic E-state index is 0.00424. The largest absolute Gasteiger partial charge is 0.396 e. The zero-order valence-electron chi connectivity index (χ0n) is 62.7. The zero-order valence-corrected chi connectivity index (χ0v) is 63.5. The SMILES string of the molecule is CCCCCCC[C@@H](C)[C@@H](O)[C@H]1C(=O)N[C@@H](CC)C(=O)N(C)[C@H](CSCCCCO)C(=O)N(C)[C@@H](CC(C)C)C(=O)N[C@@H](C(C)C)C(=O)N(C)[C@@H](CC(C)C)C(=O)N[C@@H](C)C(=O)N[C@H](C)C(=O)N(C)[C@@H](CC(C)C)C(=O)N(C)[C@@H](CC(C)C)C(=O)N(C)[C@@H](C(C)C)C(=O)N1C. The van der Waals surface area contributed by atoms with Crippen molar-refractivity contribution in [3.8, 4) is 0 Å². The molecule has 1 aliphatic heterocycles. The van der Waals surface area contributed by atoms with Gasteiger partial charge in [-0.1, -0.05) is 136 Å². The molecule has 0 spiro atoms. The summed E-state index contributed by atoms with van der Waals surface area (Å²) < 4.78 is 0. The van der Waals surface area contributed by atoms with Crippen molar-refractivity contribution in [3.63, 3.8) is 0 Å². The molecular formula is C70H129N11O13S. The molecule has 1 aliphatic rings. The van der Waals surface area contributed by atoms with Crippen molar-refractivity contribution in [2.45, 2.75) is 274 Å². The molecule has 0 aromatic carbocycles. The summed E-state index contributed by atoms with van der Waals surface area (Å²) in [4.78, 5) is 173. The van der Waals surface area contributed by atoms with Crippen LogP contribution in [0, 0.1) is 41.4 Å². The summed E-state index contributed by atoms with van der Waals surface area (Å²) in [6.45, 7) is 30.4. The third-order valence-corrected chi connectivity index (χ3v) is 19.5. The number of aliphatic hydroxyl groups is 2. The van der Waals surface area contributed by atoms with E-state index in [0.29, 0.717) is 25.0 Å². The van der Waals surface area contributed by atoms with Crippen LogP contribution in [0.3, 0.4) is 0 Å². The lowest BCUT2D eigenvalue weighted by molar-refractivity contribution is -0.157. The average Bonchev–Trinajstić information content (AvgIpc) is 0.811. The summed E-state index contributed by atoms with van der Waals surface area (Å²) in [6, 6.07) is -13.8. The molecule has 6 N–H and O–H groups in total. The first kappa shape index (κ1) is 87.5. The Kier molecular flexibility index (Phi) is 38.9. The molecule has 25 heteroatoms. The van der Waals surface area contributed by atoms with E-state index in [9.17, 15) is 34.2 Å². The van der Waals surface area contributed by atoms with Gasteiger partial charge in [0.1, 0.15) is 66.5 Å². The second-order valence-corrected chi connectivity index (χ2v) is 30.4. The summed E-state index contributed by atoms with van der Waals surface area (Å²) in [6.07, 6.45) is 5.30. The van der Waals surface area contributed by atoms with Gasteiger partial charge >= 0.3 is 0 Å². The summed E-state index contributed by atoms with van der Waals surface area (Å²) in [5.74, 6) is -9.16. The second-order valence-electron chi connectivity index (χ2n) is 29.2. The van der Waals surface area contributed by atoms with Gasteiger partial charge in [-0.05, 0) is 112 Å². The fourth-order valence-electron chi connectivity index (χ4n) is 12.2. The molecule has 0 aliphatic carbocycles. The van der Waals surface area contributed by atoms with E-state index < -0.39 is 155 Å². The molecular weight excluding hydrogens is 1230 g/mol. The van der Waals surface area contributed by atoms with Gasteiger partial charge in [0.15, 0.2) is 0 Å². The van der Waals surface area contributed by atoms with E-state index >= 15 is 28.8 Å². The maximum atomic E-state index is 15.5. The van der Waals surface area contributed by atoms with Gasteiger partial charge in [-0.2, -0.15) is 11.8 Å². The Bertz CT molecular complexity index is 2480. The first-order chi connectivity index (χ1) is 44.2. The molecule has 0 bridgehead atoms. The van der Waals surface area contributed by atoms with Gasteiger partial charge in [0, 0.05) is 61.7 Å². The van der Waals surface area contributed by atoms with Crippen molar-refractivity contribution in [3.05, 3.63) is 0 Å². The van der Waals surface area contributed by atoms with Crippen LogP contribution in [0.5, 0.6) is 0 Å². The highest BCUT2D eigenvalue weighted by atomic mass is 32.2. The van der Waals surface area contributed by atoms with E-state index in [0.717, 1.165) is 37.0 Å². The molecule has 24 nitrogen and oxygen atoms in total.